The second-order valence-electron chi connectivity index (χ2n) is 5.59. The molecule has 0 spiro atoms. The second-order valence-corrected chi connectivity index (χ2v) is 6.38. The van der Waals surface area contributed by atoms with E-state index in [1.807, 2.05) is 11.6 Å². The van der Waals surface area contributed by atoms with Gasteiger partial charge in [0.15, 0.2) is 0 Å². The minimum atomic E-state index is -0.773. The molecule has 5 heteroatoms. The highest BCUT2D eigenvalue weighted by molar-refractivity contribution is 9.10. The number of halogens is 1. The summed E-state index contributed by atoms with van der Waals surface area (Å²) in [5.74, 6) is 0. The minimum Gasteiger partial charge on any atom is -0.388 e. The van der Waals surface area contributed by atoms with Crippen molar-refractivity contribution in [3.05, 3.63) is 15.9 Å². The fraction of sp³-hybridized carbons (Fsp3) is 0.786. The molecule has 1 rings (SSSR count). The fourth-order valence-electron chi connectivity index (χ4n) is 2.03. The van der Waals surface area contributed by atoms with Crippen LogP contribution in [0.2, 0.25) is 0 Å². The van der Waals surface area contributed by atoms with Crippen molar-refractivity contribution < 1.29 is 5.11 Å². The molecule has 110 valence electrons. The van der Waals surface area contributed by atoms with E-state index in [1.165, 1.54) is 0 Å². The van der Waals surface area contributed by atoms with Crippen LogP contribution in [0.4, 0.5) is 0 Å². The largest absolute Gasteiger partial charge is 0.388 e. The van der Waals surface area contributed by atoms with Gasteiger partial charge >= 0.3 is 0 Å². The molecular formula is C14H26BrN3O. The van der Waals surface area contributed by atoms with Crippen LogP contribution in [0.3, 0.4) is 0 Å². The van der Waals surface area contributed by atoms with Crippen LogP contribution in [-0.4, -0.2) is 33.1 Å². The summed E-state index contributed by atoms with van der Waals surface area (Å²) in [5.41, 5.74) is 1.37. The van der Waals surface area contributed by atoms with E-state index in [2.05, 4.69) is 54.0 Å². The van der Waals surface area contributed by atoms with E-state index in [-0.39, 0.29) is 0 Å². The summed E-state index contributed by atoms with van der Waals surface area (Å²) in [7, 11) is 0. The molecular weight excluding hydrogens is 306 g/mol. The molecule has 1 aromatic rings. The SMILES string of the molecule is CCc1nn(CC)c(CC(C)(O)CNC(C)C)c1Br. The Kier molecular flexibility index (Phi) is 6.02. The smallest absolute Gasteiger partial charge is 0.0799 e. The van der Waals surface area contributed by atoms with Gasteiger partial charge in [0, 0.05) is 25.6 Å². The van der Waals surface area contributed by atoms with Gasteiger partial charge in [-0.1, -0.05) is 20.8 Å². The fourth-order valence-corrected chi connectivity index (χ4v) is 2.74. The maximum Gasteiger partial charge on any atom is 0.0799 e. The summed E-state index contributed by atoms with van der Waals surface area (Å²) in [4.78, 5) is 0. The second kappa shape index (κ2) is 6.86. The van der Waals surface area contributed by atoms with E-state index in [1.54, 1.807) is 0 Å². The van der Waals surface area contributed by atoms with Crippen molar-refractivity contribution >= 4 is 15.9 Å². The van der Waals surface area contributed by atoms with Gasteiger partial charge in [0.1, 0.15) is 0 Å². The van der Waals surface area contributed by atoms with Crippen LogP contribution in [0, 0.1) is 0 Å². The van der Waals surface area contributed by atoms with E-state index in [0.717, 1.165) is 28.8 Å². The third kappa shape index (κ3) is 4.58. The molecule has 1 atom stereocenters. The molecule has 4 nitrogen and oxygen atoms in total. The number of aromatic nitrogens is 2. The zero-order valence-corrected chi connectivity index (χ0v) is 14.2. The zero-order chi connectivity index (χ0) is 14.6. The number of hydrogen-bond acceptors (Lipinski definition) is 3. The zero-order valence-electron chi connectivity index (χ0n) is 12.6. The first-order valence-corrected chi connectivity index (χ1v) is 7.79. The van der Waals surface area contributed by atoms with E-state index in [4.69, 9.17) is 0 Å². The van der Waals surface area contributed by atoms with E-state index in [9.17, 15) is 5.11 Å². The molecule has 0 fully saturated rings. The summed E-state index contributed by atoms with van der Waals surface area (Å²) >= 11 is 3.62. The number of hydrogen-bond donors (Lipinski definition) is 2. The lowest BCUT2D eigenvalue weighted by Gasteiger charge is -2.25. The van der Waals surface area contributed by atoms with Crippen molar-refractivity contribution in [3.8, 4) is 0 Å². The first-order chi connectivity index (χ1) is 8.80. The number of aliphatic hydroxyl groups is 1. The van der Waals surface area contributed by atoms with E-state index < -0.39 is 5.60 Å². The predicted molar refractivity (Wildman–Crippen MR) is 82.4 cm³/mol. The molecule has 0 saturated heterocycles. The van der Waals surface area contributed by atoms with Gasteiger partial charge in [-0.15, -0.1) is 0 Å². The molecule has 0 amide bonds. The quantitative estimate of drug-likeness (QED) is 0.807. The van der Waals surface area contributed by atoms with Crippen molar-refractivity contribution in [2.75, 3.05) is 6.54 Å². The van der Waals surface area contributed by atoms with Gasteiger partial charge in [-0.2, -0.15) is 5.10 Å². The van der Waals surface area contributed by atoms with Gasteiger partial charge in [-0.3, -0.25) is 4.68 Å². The number of nitrogens with zero attached hydrogens (tertiary/aromatic N) is 2. The Labute approximate surface area is 124 Å². The van der Waals surface area contributed by atoms with Crippen LogP contribution in [-0.2, 0) is 19.4 Å². The molecule has 0 bridgehead atoms. The van der Waals surface area contributed by atoms with Gasteiger partial charge in [0.25, 0.3) is 0 Å². The third-order valence-corrected chi connectivity index (χ3v) is 4.05. The van der Waals surface area contributed by atoms with Crippen molar-refractivity contribution in [2.45, 2.75) is 65.6 Å². The molecule has 2 N–H and O–H groups in total. The Bertz CT molecular complexity index is 413. The van der Waals surface area contributed by atoms with Gasteiger partial charge < -0.3 is 10.4 Å². The molecule has 0 radical (unpaired) electrons. The van der Waals surface area contributed by atoms with Crippen LogP contribution in [0.1, 0.15) is 46.0 Å². The van der Waals surface area contributed by atoms with Crippen LogP contribution >= 0.6 is 15.9 Å². The maximum atomic E-state index is 10.5. The molecule has 0 saturated carbocycles. The molecule has 0 aliphatic rings. The Morgan fingerprint density at radius 3 is 2.53 bits per heavy atom. The monoisotopic (exact) mass is 331 g/mol. The molecule has 0 aliphatic heterocycles. The summed E-state index contributed by atoms with van der Waals surface area (Å²) in [6.07, 6.45) is 1.49. The first kappa shape index (κ1) is 16.7. The third-order valence-electron chi connectivity index (χ3n) is 3.13. The normalized spacial score (nSPS) is 14.9. The Hall–Kier alpha value is -0.390. The molecule has 0 aromatic carbocycles. The lowest BCUT2D eigenvalue weighted by Crippen LogP contribution is -2.42. The maximum absolute atomic E-state index is 10.5. The van der Waals surface area contributed by atoms with Crippen molar-refractivity contribution in [1.82, 2.24) is 15.1 Å². The average Bonchev–Trinajstić information content (AvgIpc) is 2.63. The highest BCUT2D eigenvalue weighted by atomic mass is 79.9. The Morgan fingerprint density at radius 1 is 1.42 bits per heavy atom. The van der Waals surface area contributed by atoms with Crippen molar-refractivity contribution in [1.29, 1.82) is 0 Å². The van der Waals surface area contributed by atoms with Crippen molar-refractivity contribution in [2.24, 2.45) is 0 Å². The van der Waals surface area contributed by atoms with Gasteiger partial charge in [-0.05, 0) is 36.2 Å². The number of nitrogens with one attached hydrogen (secondary N) is 1. The average molecular weight is 332 g/mol. The van der Waals surface area contributed by atoms with E-state index in [0.29, 0.717) is 19.0 Å². The first-order valence-electron chi connectivity index (χ1n) is 7.00. The van der Waals surface area contributed by atoms with Crippen LogP contribution in [0.15, 0.2) is 4.47 Å². The highest BCUT2D eigenvalue weighted by Crippen LogP contribution is 2.26. The minimum absolute atomic E-state index is 0.372. The molecule has 1 unspecified atom stereocenters. The molecule has 19 heavy (non-hydrogen) atoms. The van der Waals surface area contributed by atoms with Crippen LogP contribution in [0.25, 0.3) is 0 Å². The van der Waals surface area contributed by atoms with Crippen molar-refractivity contribution in [3.63, 3.8) is 0 Å². The topological polar surface area (TPSA) is 50.1 Å². The van der Waals surface area contributed by atoms with Gasteiger partial charge in [-0.25, -0.2) is 0 Å². The highest BCUT2D eigenvalue weighted by Gasteiger charge is 2.26. The summed E-state index contributed by atoms with van der Waals surface area (Å²) in [5, 5.41) is 18.4. The summed E-state index contributed by atoms with van der Waals surface area (Å²) < 4.78 is 3.02. The summed E-state index contributed by atoms with van der Waals surface area (Å²) in [6, 6.07) is 0.372. The van der Waals surface area contributed by atoms with E-state index >= 15 is 0 Å². The van der Waals surface area contributed by atoms with Crippen LogP contribution in [0.5, 0.6) is 0 Å². The lowest BCUT2D eigenvalue weighted by atomic mass is 9.99. The molecule has 1 aromatic heterocycles. The van der Waals surface area contributed by atoms with Gasteiger partial charge in [0.2, 0.25) is 0 Å². The molecule has 0 aliphatic carbocycles. The standard InChI is InChI=1S/C14H26BrN3O/c1-6-11-13(15)12(18(7-2)17-11)8-14(5,19)9-16-10(3)4/h10,16,19H,6-9H2,1-5H3. The molecule has 1 heterocycles. The van der Waals surface area contributed by atoms with Crippen LogP contribution < -0.4 is 5.32 Å². The predicted octanol–water partition coefficient (Wildman–Crippen LogP) is 2.52. The van der Waals surface area contributed by atoms with Gasteiger partial charge in [0.05, 0.1) is 21.5 Å². The Morgan fingerprint density at radius 2 is 2.05 bits per heavy atom. The number of aryl methyl sites for hydroxylation is 2. The lowest BCUT2D eigenvalue weighted by molar-refractivity contribution is 0.0559. The number of rotatable bonds is 7. The summed E-state index contributed by atoms with van der Waals surface area (Å²) in [6.45, 7) is 11.6. The Balaban J connectivity index is 2.88.